The largest absolute Gasteiger partial charge is 0.507 e. The molecule has 0 spiro atoms. The number of hydrogen-bond donors (Lipinski definition) is 1. The molecule has 1 aliphatic rings. The van der Waals surface area contributed by atoms with Gasteiger partial charge in [-0.1, -0.05) is 32.0 Å². The summed E-state index contributed by atoms with van der Waals surface area (Å²) in [6, 6.07) is 13.9. The van der Waals surface area contributed by atoms with Crippen LogP contribution in [0.1, 0.15) is 66.1 Å². The van der Waals surface area contributed by atoms with Gasteiger partial charge in [0.05, 0.1) is 32.4 Å². The van der Waals surface area contributed by atoms with E-state index in [4.69, 9.17) is 14.2 Å². The summed E-state index contributed by atoms with van der Waals surface area (Å²) in [5, 5.41) is 11.8. The van der Waals surface area contributed by atoms with Gasteiger partial charge in [-0.2, -0.15) is 0 Å². The van der Waals surface area contributed by atoms with Crippen LogP contribution >= 0.6 is 0 Å². The molecular weight excluding hydrogens is 506 g/mol. The minimum atomic E-state index is -0.894. The number of ketones is 1. The Balaban J connectivity index is 2.04. The second kappa shape index (κ2) is 11.5. The van der Waals surface area contributed by atoms with Crippen molar-refractivity contribution in [1.29, 1.82) is 0 Å². The first-order valence-corrected chi connectivity index (χ1v) is 13.4. The zero-order chi connectivity index (χ0) is 29.3. The van der Waals surface area contributed by atoms with Crippen LogP contribution in [0, 0.1) is 20.8 Å². The van der Waals surface area contributed by atoms with Crippen molar-refractivity contribution in [2.24, 2.45) is 0 Å². The average Bonchev–Trinajstić information content (AvgIpc) is 3.19. The summed E-state index contributed by atoms with van der Waals surface area (Å²) >= 11 is 0. The highest BCUT2D eigenvalue weighted by Gasteiger charge is 2.47. The third-order valence-electron chi connectivity index (χ3n) is 7.33. The van der Waals surface area contributed by atoms with Crippen molar-refractivity contribution in [2.75, 3.05) is 25.7 Å². The predicted molar refractivity (Wildman–Crippen MR) is 157 cm³/mol. The van der Waals surface area contributed by atoms with Gasteiger partial charge in [0.1, 0.15) is 11.5 Å². The fourth-order valence-electron chi connectivity index (χ4n) is 5.23. The zero-order valence-corrected chi connectivity index (χ0v) is 24.4. The molecule has 1 unspecified atom stereocenters. The molecule has 0 bridgehead atoms. The second-order valence-corrected chi connectivity index (χ2v) is 10.4. The number of benzene rings is 3. The van der Waals surface area contributed by atoms with E-state index in [0.717, 1.165) is 22.3 Å². The van der Waals surface area contributed by atoms with Crippen LogP contribution in [-0.2, 0) is 9.59 Å². The average molecular weight is 544 g/mol. The third-order valence-corrected chi connectivity index (χ3v) is 7.33. The predicted octanol–water partition coefficient (Wildman–Crippen LogP) is 6.78. The molecule has 1 amide bonds. The third kappa shape index (κ3) is 5.04. The van der Waals surface area contributed by atoms with E-state index in [1.54, 1.807) is 32.4 Å². The maximum atomic E-state index is 13.8. The Bertz CT molecular complexity index is 1500. The Morgan fingerprint density at radius 2 is 1.60 bits per heavy atom. The van der Waals surface area contributed by atoms with Gasteiger partial charge >= 0.3 is 0 Å². The van der Waals surface area contributed by atoms with Crippen LogP contribution in [0.3, 0.4) is 0 Å². The highest BCUT2D eigenvalue weighted by molar-refractivity contribution is 6.51. The first-order chi connectivity index (χ1) is 19.0. The summed E-state index contributed by atoms with van der Waals surface area (Å²) in [6.45, 7) is 12.0. The molecule has 1 N–H and O–H groups in total. The molecule has 0 saturated carbocycles. The Morgan fingerprint density at radius 3 is 2.23 bits per heavy atom. The van der Waals surface area contributed by atoms with Crippen molar-refractivity contribution in [3.05, 3.63) is 87.5 Å². The van der Waals surface area contributed by atoms with Crippen molar-refractivity contribution in [3.8, 4) is 17.2 Å². The topological polar surface area (TPSA) is 85.3 Å². The van der Waals surface area contributed by atoms with E-state index in [0.29, 0.717) is 40.7 Å². The van der Waals surface area contributed by atoms with E-state index in [-0.39, 0.29) is 17.3 Å². The normalized spacial score (nSPS) is 16.5. The van der Waals surface area contributed by atoms with E-state index >= 15 is 0 Å². The molecule has 1 saturated heterocycles. The second-order valence-electron chi connectivity index (χ2n) is 10.4. The lowest BCUT2D eigenvalue weighted by Crippen LogP contribution is -2.30. The van der Waals surface area contributed by atoms with Gasteiger partial charge in [-0.3, -0.25) is 14.5 Å². The maximum absolute atomic E-state index is 13.8. The van der Waals surface area contributed by atoms with Crippen LogP contribution in [0.5, 0.6) is 17.2 Å². The first kappa shape index (κ1) is 28.7. The number of Topliss-reactive ketones (excluding diaryl/α,β-unsaturated/α-hetero) is 1. The van der Waals surface area contributed by atoms with Crippen LogP contribution in [-0.4, -0.2) is 37.6 Å². The lowest BCUT2D eigenvalue weighted by atomic mass is 9.90. The fraction of sp³-hybridized carbons (Fsp3) is 0.333. The number of carbonyl (C=O) groups is 2. The number of amides is 1. The monoisotopic (exact) mass is 543 g/mol. The summed E-state index contributed by atoms with van der Waals surface area (Å²) in [5.74, 6) is 0.131. The van der Waals surface area contributed by atoms with Gasteiger partial charge in [-0.15, -0.1) is 0 Å². The number of ether oxygens (including phenoxy) is 3. The summed E-state index contributed by atoms with van der Waals surface area (Å²) in [7, 11) is 3.16. The molecule has 40 heavy (non-hydrogen) atoms. The quantitative estimate of drug-likeness (QED) is 0.192. The number of hydrogen-bond acceptors (Lipinski definition) is 6. The molecule has 1 aliphatic heterocycles. The van der Waals surface area contributed by atoms with Gasteiger partial charge in [0.2, 0.25) is 0 Å². The molecule has 7 heteroatoms. The maximum Gasteiger partial charge on any atom is 0.300 e. The summed E-state index contributed by atoms with van der Waals surface area (Å²) < 4.78 is 16.9. The molecule has 0 aliphatic carbocycles. The van der Waals surface area contributed by atoms with E-state index < -0.39 is 17.7 Å². The van der Waals surface area contributed by atoms with E-state index in [1.165, 1.54) is 4.90 Å². The van der Waals surface area contributed by atoms with Crippen LogP contribution in [0.2, 0.25) is 0 Å². The smallest absolute Gasteiger partial charge is 0.300 e. The SMILES string of the molecule is CCOc1cc(C2/C(=C(\O)c3cc(C(C)C)c(OC)cc3C)C(=O)C(=O)N2c2cc(C)ccc2C)ccc1OC. The number of anilines is 1. The van der Waals surface area contributed by atoms with Gasteiger partial charge in [0.15, 0.2) is 11.5 Å². The summed E-state index contributed by atoms with van der Waals surface area (Å²) in [5.41, 5.74) is 5.10. The van der Waals surface area contributed by atoms with Gasteiger partial charge in [-0.25, -0.2) is 0 Å². The van der Waals surface area contributed by atoms with Crippen molar-refractivity contribution in [1.82, 2.24) is 0 Å². The van der Waals surface area contributed by atoms with Crippen molar-refractivity contribution in [2.45, 2.75) is 53.5 Å². The Labute approximate surface area is 236 Å². The minimum Gasteiger partial charge on any atom is -0.507 e. The highest BCUT2D eigenvalue weighted by atomic mass is 16.5. The zero-order valence-electron chi connectivity index (χ0n) is 24.4. The molecule has 7 nitrogen and oxygen atoms in total. The van der Waals surface area contributed by atoms with Gasteiger partial charge < -0.3 is 19.3 Å². The molecule has 3 aromatic rings. The molecule has 210 valence electrons. The van der Waals surface area contributed by atoms with Crippen LogP contribution in [0.15, 0.2) is 54.1 Å². The van der Waals surface area contributed by atoms with Crippen molar-refractivity contribution < 1.29 is 28.9 Å². The molecule has 0 aromatic heterocycles. The molecular formula is C33H37NO6. The number of aryl methyl sites for hydroxylation is 3. The standard InChI is InChI=1S/C33H37NO6/c1-9-40-28-16-22(12-13-26(28)38-7)30-29(31(35)24-17-23(18(2)3)27(39-8)15-21(24)6)32(36)33(37)34(30)25-14-19(4)10-11-20(25)5/h10-18,30,35H,9H2,1-8H3/b31-29+. The number of nitrogens with zero attached hydrogens (tertiary/aromatic N) is 1. The van der Waals surface area contributed by atoms with E-state index in [9.17, 15) is 14.7 Å². The highest BCUT2D eigenvalue weighted by Crippen LogP contribution is 2.46. The number of rotatable bonds is 8. The lowest BCUT2D eigenvalue weighted by Gasteiger charge is -2.28. The fourth-order valence-corrected chi connectivity index (χ4v) is 5.23. The Kier molecular flexibility index (Phi) is 8.24. The summed E-state index contributed by atoms with van der Waals surface area (Å²) in [4.78, 5) is 29.0. The molecule has 0 radical (unpaired) electrons. The molecule has 1 heterocycles. The van der Waals surface area contributed by atoms with Crippen LogP contribution < -0.4 is 19.1 Å². The molecule has 4 rings (SSSR count). The molecule has 1 atom stereocenters. The lowest BCUT2D eigenvalue weighted by molar-refractivity contribution is -0.132. The van der Waals surface area contributed by atoms with Gasteiger partial charge in [0.25, 0.3) is 11.7 Å². The number of aliphatic hydroxyl groups is 1. The number of carbonyl (C=O) groups excluding carboxylic acids is 2. The first-order valence-electron chi connectivity index (χ1n) is 13.4. The Morgan fingerprint density at radius 1 is 0.900 bits per heavy atom. The van der Waals surface area contributed by atoms with E-state index in [2.05, 4.69) is 0 Å². The van der Waals surface area contributed by atoms with Crippen molar-refractivity contribution in [3.63, 3.8) is 0 Å². The van der Waals surface area contributed by atoms with Crippen LogP contribution in [0.25, 0.3) is 5.76 Å². The molecule has 3 aromatic carbocycles. The van der Waals surface area contributed by atoms with Gasteiger partial charge in [0, 0.05) is 11.3 Å². The van der Waals surface area contributed by atoms with Crippen molar-refractivity contribution >= 4 is 23.1 Å². The van der Waals surface area contributed by atoms with Crippen LogP contribution in [0.4, 0.5) is 5.69 Å². The molecule has 1 fully saturated rings. The van der Waals surface area contributed by atoms with E-state index in [1.807, 2.05) is 71.9 Å². The minimum absolute atomic E-state index is 0.0153. The number of aliphatic hydroxyl groups excluding tert-OH is 1. The summed E-state index contributed by atoms with van der Waals surface area (Å²) in [6.07, 6.45) is 0. The Hall–Kier alpha value is -4.26. The number of methoxy groups -OCH3 is 2. The van der Waals surface area contributed by atoms with Gasteiger partial charge in [-0.05, 0) is 91.8 Å².